The van der Waals surface area contributed by atoms with Gasteiger partial charge in [0.2, 0.25) is 0 Å². The summed E-state index contributed by atoms with van der Waals surface area (Å²) in [6.07, 6.45) is 7.15. The van der Waals surface area contributed by atoms with E-state index >= 15 is 0 Å². The third-order valence-electron chi connectivity index (χ3n) is 4.69. The van der Waals surface area contributed by atoms with Crippen molar-refractivity contribution in [3.63, 3.8) is 0 Å². The van der Waals surface area contributed by atoms with Crippen LogP contribution in [0.4, 0.5) is 0 Å². The van der Waals surface area contributed by atoms with Gasteiger partial charge < -0.3 is 0 Å². The summed E-state index contributed by atoms with van der Waals surface area (Å²) in [7, 11) is 0. The SMILES string of the molecule is CC1CC2CCC(C1)N2CCCSc1ccccc1. The largest absolute Gasteiger partial charge is 0.297 e. The zero-order valence-corrected chi connectivity index (χ0v) is 12.7. The minimum absolute atomic E-state index is 0.912. The fourth-order valence-electron chi connectivity index (χ4n) is 3.87. The Labute approximate surface area is 121 Å². The number of hydrogen-bond acceptors (Lipinski definition) is 2. The van der Waals surface area contributed by atoms with E-state index in [1.807, 2.05) is 11.8 Å². The molecule has 1 nitrogen and oxygen atoms in total. The van der Waals surface area contributed by atoms with Crippen molar-refractivity contribution in [1.82, 2.24) is 4.90 Å². The Balaban J connectivity index is 1.41. The van der Waals surface area contributed by atoms with E-state index in [4.69, 9.17) is 0 Å². The van der Waals surface area contributed by atoms with Gasteiger partial charge in [0.15, 0.2) is 0 Å². The Morgan fingerprint density at radius 1 is 1.11 bits per heavy atom. The lowest BCUT2D eigenvalue weighted by molar-refractivity contribution is 0.110. The van der Waals surface area contributed by atoms with Gasteiger partial charge in [-0.25, -0.2) is 0 Å². The van der Waals surface area contributed by atoms with Crippen LogP contribution >= 0.6 is 11.8 Å². The number of thioether (sulfide) groups is 1. The second-order valence-electron chi connectivity index (χ2n) is 6.21. The summed E-state index contributed by atoms with van der Waals surface area (Å²) < 4.78 is 0. The molecule has 1 aromatic carbocycles. The van der Waals surface area contributed by atoms with E-state index in [1.165, 1.54) is 49.3 Å². The van der Waals surface area contributed by atoms with Crippen LogP contribution in [0.3, 0.4) is 0 Å². The monoisotopic (exact) mass is 275 g/mol. The normalized spacial score (nSPS) is 30.7. The summed E-state index contributed by atoms with van der Waals surface area (Å²) in [6, 6.07) is 12.6. The predicted molar refractivity (Wildman–Crippen MR) is 83.7 cm³/mol. The Hall–Kier alpha value is -0.470. The molecule has 0 aliphatic carbocycles. The highest BCUT2D eigenvalue weighted by atomic mass is 32.2. The van der Waals surface area contributed by atoms with Gasteiger partial charge in [-0.05, 0) is 62.5 Å². The van der Waals surface area contributed by atoms with Crippen LogP contribution in [0.15, 0.2) is 35.2 Å². The first-order valence-corrected chi connectivity index (χ1v) is 8.75. The van der Waals surface area contributed by atoms with Gasteiger partial charge in [-0.2, -0.15) is 0 Å². The summed E-state index contributed by atoms with van der Waals surface area (Å²) in [5, 5.41) is 0. The summed E-state index contributed by atoms with van der Waals surface area (Å²) in [5.41, 5.74) is 0. The van der Waals surface area contributed by atoms with Gasteiger partial charge in [0.25, 0.3) is 0 Å². The number of hydrogen-bond donors (Lipinski definition) is 0. The van der Waals surface area contributed by atoms with Crippen molar-refractivity contribution in [3.8, 4) is 0 Å². The first-order valence-electron chi connectivity index (χ1n) is 7.76. The molecule has 2 saturated heterocycles. The fraction of sp³-hybridized carbons (Fsp3) is 0.647. The van der Waals surface area contributed by atoms with E-state index in [9.17, 15) is 0 Å². The van der Waals surface area contributed by atoms with Gasteiger partial charge in [0, 0.05) is 17.0 Å². The highest BCUT2D eigenvalue weighted by Gasteiger charge is 2.38. The second-order valence-corrected chi connectivity index (χ2v) is 7.38. The molecule has 3 rings (SSSR count). The zero-order valence-electron chi connectivity index (χ0n) is 11.9. The van der Waals surface area contributed by atoms with Crippen molar-refractivity contribution in [2.45, 2.75) is 56.0 Å². The summed E-state index contributed by atoms with van der Waals surface area (Å²) >= 11 is 2.01. The average molecular weight is 275 g/mol. The number of nitrogens with zero attached hydrogens (tertiary/aromatic N) is 1. The molecule has 0 spiro atoms. The molecule has 2 heterocycles. The first-order chi connectivity index (χ1) is 9.33. The van der Waals surface area contributed by atoms with Gasteiger partial charge in [-0.15, -0.1) is 11.8 Å². The van der Waals surface area contributed by atoms with Crippen LogP contribution in [0, 0.1) is 5.92 Å². The number of benzene rings is 1. The van der Waals surface area contributed by atoms with Gasteiger partial charge >= 0.3 is 0 Å². The van der Waals surface area contributed by atoms with E-state index in [0.717, 1.165) is 18.0 Å². The molecular formula is C17H25NS. The van der Waals surface area contributed by atoms with Crippen LogP contribution in [0.25, 0.3) is 0 Å². The van der Waals surface area contributed by atoms with Crippen molar-refractivity contribution in [2.24, 2.45) is 5.92 Å². The number of rotatable bonds is 5. The van der Waals surface area contributed by atoms with Gasteiger partial charge in [0.1, 0.15) is 0 Å². The Morgan fingerprint density at radius 3 is 2.47 bits per heavy atom. The molecule has 0 aromatic heterocycles. The molecule has 2 bridgehead atoms. The maximum Gasteiger partial charge on any atom is 0.0101 e. The van der Waals surface area contributed by atoms with Crippen LogP contribution in [0.1, 0.15) is 39.0 Å². The van der Waals surface area contributed by atoms with E-state index in [-0.39, 0.29) is 0 Å². The quantitative estimate of drug-likeness (QED) is 0.577. The molecule has 104 valence electrons. The van der Waals surface area contributed by atoms with Crippen LogP contribution in [-0.2, 0) is 0 Å². The van der Waals surface area contributed by atoms with Crippen molar-refractivity contribution < 1.29 is 0 Å². The lowest BCUT2D eigenvalue weighted by Crippen LogP contribution is -2.42. The molecule has 1 aromatic rings. The smallest absolute Gasteiger partial charge is 0.0101 e. The maximum absolute atomic E-state index is 2.82. The first kappa shape index (κ1) is 13.5. The van der Waals surface area contributed by atoms with Crippen LogP contribution in [0.2, 0.25) is 0 Å². The second kappa shape index (κ2) is 6.32. The standard InChI is InChI=1S/C17H25NS/c1-14-12-15-8-9-16(13-14)18(15)10-5-11-19-17-6-3-2-4-7-17/h2-4,6-7,14-16H,5,8-13H2,1H3. The molecule has 0 amide bonds. The van der Waals surface area contributed by atoms with Crippen LogP contribution < -0.4 is 0 Å². The predicted octanol–water partition coefficient (Wildman–Crippen LogP) is 4.43. The molecular weight excluding hydrogens is 250 g/mol. The van der Waals surface area contributed by atoms with Crippen LogP contribution in [-0.4, -0.2) is 29.3 Å². The molecule has 0 radical (unpaired) electrons. The lowest BCUT2D eigenvalue weighted by atomic mass is 9.92. The Bertz CT molecular complexity index is 378. The van der Waals surface area contributed by atoms with E-state index in [2.05, 4.69) is 42.2 Å². The minimum atomic E-state index is 0.912. The average Bonchev–Trinajstić information content (AvgIpc) is 2.67. The molecule has 2 heteroatoms. The molecule has 2 aliphatic rings. The Morgan fingerprint density at radius 2 is 1.79 bits per heavy atom. The molecule has 2 fully saturated rings. The van der Waals surface area contributed by atoms with Gasteiger partial charge in [-0.3, -0.25) is 4.90 Å². The van der Waals surface area contributed by atoms with E-state index in [1.54, 1.807) is 0 Å². The van der Waals surface area contributed by atoms with E-state index < -0.39 is 0 Å². The van der Waals surface area contributed by atoms with Gasteiger partial charge in [-0.1, -0.05) is 25.1 Å². The molecule has 0 saturated carbocycles. The van der Waals surface area contributed by atoms with Crippen molar-refractivity contribution in [1.29, 1.82) is 0 Å². The highest BCUT2D eigenvalue weighted by molar-refractivity contribution is 7.99. The summed E-state index contributed by atoms with van der Waals surface area (Å²) in [4.78, 5) is 4.24. The Kier molecular flexibility index (Phi) is 4.49. The topological polar surface area (TPSA) is 3.24 Å². The maximum atomic E-state index is 2.82. The van der Waals surface area contributed by atoms with Crippen molar-refractivity contribution in [2.75, 3.05) is 12.3 Å². The molecule has 2 atom stereocenters. The number of fused-ring (bicyclic) bond motifs is 2. The number of piperidine rings is 1. The highest BCUT2D eigenvalue weighted by Crippen LogP contribution is 2.38. The lowest BCUT2D eigenvalue weighted by Gasteiger charge is -2.37. The minimum Gasteiger partial charge on any atom is -0.297 e. The van der Waals surface area contributed by atoms with E-state index in [0.29, 0.717) is 0 Å². The fourth-order valence-corrected chi connectivity index (χ4v) is 4.72. The van der Waals surface area contributed by atoms with Crippen molar-refractivity contribution >= 4 is 11.8 Å². The molecule has 0 N–H and O–H groups in total. The van der Waals surface area contributed by atoms with Crippen molar-refractivity contribution in [3.05, 3.63) is 30.3 Å². The molecule has 2 aliphatic heterocycles. The zero-order chi connectivity index (χ0) is 13.1. The summed E-state index contributed by atoms with van der Waals surface area (Å²) in [5.74, 6) is 2.22. The summed E-state index contributed by atoms with van der Waals surface area (Å²) in [6.45, 7) is 3.76. The third-order valence-corrected chi connectivity index (χ3v) is 5.79. The molecule has 19 heavy (non-hydrogen) atoms. The molecule has 2 unspecified atom stereocenters. The third kappa shape index (κ3) is 3.35. The van der Waals surface area contributed by atoms with Crippen LogP contribution in [0.5, 0.6) is 0 Å². The van der Waals surface area contributed by atoms with Gasteiger partial charge in [0.05, 0.1) is 0 Å².